The largest absolute Gasteiger partial charge is 0.394 e. The monoisotopic (exact) mass is 126 g/mol. The van der Waals surface area contributed by atoms with Crippen LogP contribution in [0.1, 0.15) is 0 Å². The van der Waals surface area contributed by atoms with Gasteiger partial charge >= 0.3 is 0 Å². The van der Waals surface area contributed by atoms with Gasteiger partial charge in [-0.05, 0) is 0 Å². The second kappa shape index (κ2) is 2.80. The van der Waals surface area contributed by atoms with Crippen LogP contribution in [0.4, 0.5) is 0 Å². The summed E-state index contributed by atoms with van der Waals surface area (Å²) in [5, 5.41) is 17.5. The number of rotatable bonds is 2. The van der Waals surface area contributed by atoms with Crippen LogP contribution in [0.2, 0.25) is 0 Å². The van der Waals surface area contributed by atoms with Crippen molar-refractivity contribution >= 4 is 0 Å². The highest BCUT2D eigenvalue weighted by molar-refractivity contribution is 5.18. The quantitative estimate of drug-likeness (QED) is 0.550. The van der Waals surface area contributed by atoms with E-state index < -0.39 is 6.10 Å². The Morgan fingerprint density at radius 3 is 2.33 bits per heavy atom. The van der Waals surface area contributed by atoms with Gasteiger partial charge in [-0.1, -0.05) is 24.3 Å². The van der Waals surface area contributed by atoms with Gasteiger partial charge < -0.3 is 10.2 Å². The van der Waals surface area contributed by atoms with Crippen LogP contribution in [-0.2, 0) is 0 Å². The number of hydrogen-bond donors (Lipinski definition) is 2. The maximum absolute atomic E-state index is 9.01. The van der Waals surface area contributed by atoms with Gasteiger partial charge in [0.2, 0.25) is 0 Å². The smallest absolute Gasteiger partial charge is 0.0868 e. The van der Waals surface area contributed by atoms with E-state index in [-0.39, 0.29) is 12.5 Å². The number of allylic oxidation sites excluding steroid dienone is 2. The molecule has 0 heterocycles. The molecular formula is C7H10O2. The van der Waals surface area contributed by atoms with Gasteiger partial charge in [-0.15, -0.1) is 0 Å². The Labute approximate surface area is 54.1 Å². The topological polar surface area (TPSA) is 40.5 Å². The molecule has 1 unspecified atom stereocenters. The van der Waals surface area contributed by atoms with Gasteiger partial charge in [0.05, 0.1) is 12.7 Å². The van der Waals surface area contributed by atoms with Gasteiger partial charge in [-0.25, -0.2) is 0 Å². The molecule has 1 atom stereocenters. The van der Waals surface area contributed by atoms with E-state index in [1.165, 1.54) is 0 Å². The van der Waals surface area contributed by atoms with Crippen molar-refractivity contribution in [1.82, 2.24) is 0 Å². The van der Waals surface area contributed by atoms with Crippen LogP contribution in [-0.4, -0.2) is 22.9 Å². The molecule has 0 radical (unpaired) electrons. The van der Waals surface area contributed by atoms with Crippen LogP contribution < -0.4 is 0 Å². The Kier molecular flexibility index (Phi) is 2.03. The van der Waals surface area contributed by atoms with Crippen molar-refractivity contribution in [3.8, 4) is 0 Å². The molecule has 0 saturated carbocycles. The van der Waals surface area contributed by atoms with Crippen molar-refractivity contribution in [1.29, 1.82) is 0 Å². The standard InChI is InChI=1S/C7H10O2/c8-5-7(9)6-3-1-2-4-6/h1-4,6-9H,5H2. The highest BCUT2D eigenvalue weighted by Gasteiger charge is 2.13. The fourth-order valence-electron chi connectivity index (χ4n) is 0.827. The van der Waals surface area contributed by atoms with Crippen molar-refractivity contribution in [2.24, 2.45) is 5.92 Å². The lowest BCUT2D eigenvalue weighted by molar-refractivity contribution is 0.0769. The molecule has 0 aromatic carbocycles. The highest BCUT2D eigenvalue weighted by Crippen LogP contribution is 2.12. The molecule has 0 aromatic heterocycles. The summed E-state index contributed by atoms with van der Waals surface area (Å²) < 4.78 is 0. The maximum atomic E-state index is 9.01. The predicted octanol–water partition coefficient (Wildman–Crippen LogP) is 0.0818. The third-order valence-corrected chi connectivity index (χ3v) is 1.41. The van der Waals surface area contributed by atoms with Crippen molar-refractivity contribution in [2.45, 2.75) is 6.10 Å². The molecule has 2 N–H and O–H groups in total. The van der Waals surface area contributed by atoms with E-state index in [2.05, 4.69) is 0 Å². The predicted molar refractivity (Wildman–Crippen MR) is 34.9 cm³/mol. The lowest BCUT2D eigenvalue weighted by Crippen LogP contribution is -2.19. The summed E-state index contributed by atoms with van der Waals surface area (Å²) in [6.45, 7) is -0.167. The van der Waals surface area contributed by atoms with Crippen LogP contribution in [0.25, 0.3) is 0 Å². The molecular weight excluding hydrogens is 116 g/mol. The summed E-state index contributed by atoms with van der Waals surface area (Å²) in [5.41, 5.74) is 0. The second-order valence-electron chi connectivity index (χ2n) is 2.10. The average Bonchev–Trinajstić information content (AvgIpc) is 2.37. The van der Waals surface area contributed by atoms with E-state index >= 15 is 0 Å². The molecule has 0 saturated heterocycles. The van der Waals surface area contributed by atoms with Crippen LogP contribution in [0, 0.1) is 5.92 Å². The van der Waals surface area contributed by atoms with E-state index in [4.69, 9.17) is 10.2 Å². The molecule has 0 spiro atoms. The SMILES string of the molecule is OCC(O)C1C=CC=C1. The molecule has 0 aromatic rings. The lowest BCUT2D eigenvalue weighted by atomic mass is 10.1. The van der Waals surface area contributed by atoms with Gasteiger partial charge in [-0.2, -0.15) is 0 Å². The summed E-state index contributed by atoms with van der Waals surface area (Å²) >= 11 is 0. The van der Waals surface area contributed by atoms with Gasteiger partial charge in [0.1, 0.15) is 0 Å². The minimum atomic E-state index is -0.625. The number of hydrogen-bond acceptors (Lipinski definition) is 2. The molecule has 0 bridgehead atoms. The average molecular weight is 126 g/mol. The Bertz CT molecular complexity index is 126. The van der Waals surface area contributed by atoms with Gasteiger partial charge in [-0.3, -0.25) is 0 Å². The number of aliphatic hydroxyl groups is 2. The minimum absolute atomic E-state index is 0.0231. The Morgan fingerprint density at radius 1 is 1.33 bits per heavy atom. The van der Waals surface area contributed by atoms with Crippen LogP contribution in [0.5, 0.6) is 0 Å². The van der Waals surface area contributed by atoms with E-state index in [0.717, 1.165) is 0 Å². The maximum Gasteiger partial charge on any atom is 0.0868 e. The molecule has 0 fully saturated rings. The third kappa shape index (κ3) is 1.40. The first-order valence-corrected chi connectivity index (χ1v) is 2.98. The molecule has 1 aliphatic rings. The van der Waals surface area contributed by atoms with Crippen molar-refractivity contribution in [2.75, 3.05) is 6.61 Å². The fraction of sp³-hybridized carbons (Fsp3) is 0.429. The summed E-state index contributed by atoms with van der Waals surface area (Å²) in [6.07, 6.45) is 6.83. The molecule has 1 aliphatic carbocycles. The molecule has 0 aliphatic heterocycles. The van der Waals surface area contributed by atoms with Crippen LogP contribution in [0.3, 0.4) is 0 Å². The first-order valence-electron chi connectivity index (χ1n) is 2.98. The Balaban J connectivity index is 2.43. The van der Waals surface area contributed by atoms with Gasteiger partial charge in [0, 0.05) is 5.92 Å². The van der Waals surface area contributed by atoms with Crippen LogP contribution in [0.15, 0.2) is 24.3 Å². The zero-order chi connectivity index (χ0) is 6.69. The normalized spacial score (nSPS) is 21.1. The summed E-state index contributed by atoms with van der Waals surface area (Å²) in [6, 6.07) is 0. The summed E-state index contributed by atoms with van der Waals surface area (Å²) in [7, 11) is 0. The van der Waals surface area contributed by atoms with E-state index in [1.807, 2.05) is 24.3 Å². The molecule has 1 rings (SSSR count). The fourth-order valence-corrected chi connectivity index (χ4v) is 0.827. The molecule has 2 heteroatoms. The summed E-state index contributed by atoms with van der Waals surface area (Å²) in [5.74, 6) is 0.0231. The Morgan fingerprint density at radius 2 is 1.89 bits per heavy atom. The number of aliphatic hydroxyl groups excluding tert-OH is 2. The van der Waals surface area contributed by atoms with E-state index in [0.29, 0.717) is 0 Å². The lowest BCUT2D eigenvalue weighted by Gasteiger charge is -2.09. The van der Waals surface area contributed by atoms with Crippen molar-refractivity contribution in [3.63, 3.8) is 0 Å². The third-order valence-electron chi connectivity index (χ3n) is 1.41. The highest BCUT2D eigenvalue weighted by atomic mass is 16.3. The van der Waals surface area contributed by atoms with Gasteiger partial charge in [0.15, 0.2) is 0 Å². The molecule has 9 heavy (non-hydrogen) atoms. The summed E-state index contributed by atoms with van der Waals surface area (Å²) in [4.78, 5) is 0. The first kappa shape index (κ1) is 6.52. The van der Waals surface area contributed by atoms with Gasteiger partial charge in [0.25, 0.3) is 0 Å². The molecule has 0 amide bonds. The molecule has 2 nitrogen and oxygen atoms in total. The Hall–Kier alpha value is -0.600. The zero-order valence-corrected chi connectivity index (χ0v) is 5.07. The van der Waals surface area contributed by atoms with E-state index in [1.54, 1.807) is 0 Å². The zero-order valence-electron chi connectivity index (χ0n) is 5.07. The van der Waals surface area contributed by atoms with E-state index in [9.17, 15) is 0 Å². The second-order valence-corrected chi connectivity index (χ2v) is 2.10. The first-order chi connectivity index (χ1) is 4.34. The van der Waals surface area contributed by atoms with Crippen molar-refractivity contribution < 1.29 is 10.2 Å². The van der Waals surface area contributed by atoms with Crippen LogP contribution >= 0.6 is 0 Å². The van der Waals surface area contributed by atoms with Crippen molar-refractivity contribution in [3.05, 3.63) is 24.3 Å². The molecule has 50 valence electrons. The minimum Gasteiger partial charge on any atom is -0.394 e.